The van der Waals surface area contributed by atoms with E-state index in [1.807, 2.05) is 23.6 Å². The van der Waals surface area contributed by atoms with Gasteiger partial charge in [-0.05, 0) is 61.7 Å². The monoisotopic (exact) mass is 439 g/mol. The normalized spacial score (nSPS) is 14.2. The lowest BCUT2D eigenvalue weighted by Crippen LogP contribution is -2.33. The Hall–Kier alpha value is -3.62. The molecule has 4 aromatic rings. The molecule has 0 radical (unpaired) electrons. The average molecular weight is 439 g/mol. The zero-order valence-electron chi connectivity index (χ0n) is 17.2. The molecule has 1 fully saturated rings. The smallest absolute Gasteiger partial charge is 0.382 e. The lowest BCUT2D eigenvalue weighted by molar-refractivity contribution is -0.137. The molecular formula is C23H20F3N5O. The molecule has 9 heteroatoms. The molecule has 3 aromatic heterocycles. The Labute approximate surface area is 181 Å². The molecule has 1 saturated carbocycles. The van der Waals surface area contributed by atoms with Gasteiger partial charge in [-0.25, -0.2) is 4.98 Å². The van der Waals surface area contributed by atoms with Gasteiger partial charge in [-0.1, -0.05) is 0 Å². The van der Waals surface area contributed by atoms with Crippen LogP contribution in [0.4, 0.5) is 19.0 Å². The summed E-state index contributed by atoms with van der Waals surface area (Å²) in [4.78, 5) is 23.4. The van der Waals surface area contributed by atoms with Crippen molar-refractivity contribution in [1.82, 2.24) is 19.3 Å². The van der Waals surface area contributed by atoms with Crippen molar-refractivity contribution in [3.63, 3.8) is 0 Å². The molecule has 3 heterocycles. The van der Waals surface area contributed by atoms with Crippen LogP contribution in [0.1, 0.15) is 40.0 Å². The maximum absolute atomic E-state index is 13.4. The van der Waals surface area contributed by atoms with E-state index in [2.05, 4.69) is 9.97 Å². The quantitative estimate of drug-likeness (QED) is 0.504. The van der Waals surface area contributed by atoms with Gasteiger partial charge < -0.3 is 15.0 Å². The highest BCUT2D eigenvalue weighted by Gasteiger charge is 2.34. The number of pyridine rings is 1. The summed E-state index contributed by atoms with van der Waals surface area (Å²) in [6, 6.07) is 9.56. The molecule has 1 aromatic carbocycles. The summed E-state index contributed by atoms with van der Waals surface area (Å²) < 4.78 is 40.4. The minimum absolute atomic E-state index is 0.0562. The van der Waals surface area contributed by atoms with Crippen LogP contribution in [0.5, 0.6) is 0 Å². The van der Waals surface area contributed by atoms with E-state index in [9.17, 15) is 18.0 Å². The number of rotatable bonds is 4. The zero-order valence-corrected chi connectivity index (χ0v) is 17.2. The van der Waals surface area contributed by atoms with Gasteiger partial charge >= 0.3 is 6.18 Å². The molecular weight excluding hydrogens is 419 g/mol. The summed E-state index contributed by atoms with van der Waals surface area (Å²) in [5.74, 6) is 0.233. The number of aromatic nitrogens is 3. The van der Waals surface area contributed by atoms with E-state index >= 15 is 0 Å². The van der Waals surface area contributed by atoms with Crippen LogP contribution in [-0.2, 0) is 12.7 Å². The number of benzene rings is 1. The van der Waals surface area contributed by atoms with Crippen LogP contribution in [0.3, 0.4) is 0 Å². The molecule has 0 spiro atoms. The summed E-state index contributed by atoms with van der Waals surface area (Å²) in [6.45, 7) is 2.10. The third-order valence-corrected chi connectivity index (χ3v) is 5.79. The Bertz CT molecular complexity index is 1340. The van der Waals surface area contributed by atoms with E-state index in [4.69, 9.17) is 5.73 Å². The molecule has 1 aliphatic rings. The van der Waals surface area contributed by atoms with E-state index in [1.54, 1.807) is 23.1 Å². The third kappa shape index (κ3) is 3.53. The van der Waals surface area contributed by atoms with Crippen LogP contribution < -0.4 is 5.73 Å². The number of hydrogen-bond acceptors (Lipinski definition) is 4. The first-order valence-electron chi connectivity index (χ1n) is 10.2. The molecule has 1 aliphatic carbocycles. The highest BCUT2D eigenvalue weighted by atomic mass is 19.4. The van der Waals surface area contributed by atoms with Crippen molar-refractivity contribution in [3.05, 3.63) is 71.2 Å². The number of anilines is 1. The molecule has 0 unspecified atom stereocenters. The summed E-state index contributed by atoms with van der Waals surface area (Å²) in [6.07, 6.45) is -0.0213. The van der Waals surface area contributed by atoms with E-state index in [0.29, 0.717) is 22.6 Å². The maximum Gasteiger partial charge on any atom is 0.417 e. The maximum atomic E-state index is 13.4. The first-order chi connectivity index (χ1) is 15.2. The fourth-order valence-electron chi connectivity index (χ4n) is 3.96. The lowest BCUT2D eigenvalue weighted by atomic mass is 10.1. The van der Waals surface area contributed by atoms with Crippen molar-refractivity contribution < 1.29 is 18.0 Å². The number of amides is 1. The number of fused-ring (bicyclic) bond motifs is 3. The molecule has 0 atom stereocenters. The Balaban J connectivity index is 1.48. The van der Waals surface area contributed by atoms with Crippen molar-refractivity contribution in [2.24, 2.45) is 0 Å². The fourth-order valence-corrected chi connectivity index (χ4v) is 3.96. The first kappa shape index (κ1) is 20.3. The second kappa shape index (κ2) is 7.22. The van der Waals surface area contributed by atoms with Crippen molar-refractivity contribution in [2.75, 3.05) is 5.73 Å². The molecule has 0 aliphatic heterocycles. The van der Waals surface area contributed by atoms with Crippen molar-refractivity contribution in [3.8, 4) is 0 Å². The predicted molar refractivity (Wildman–Crippen MR) is 114 cm³/mol. The second-order valence-corrected chi connectivity index (χ2v) is 8.12. The minimum Gasteiger partial charge on any atom is -0.382 e. The van der Waals surface area contributed by atoms with Crippen molar-refractivity contribution >= 4 is 28.3 Å². The highest BCUT2D eigenvalue weighted by Crippen LogP contribution is 2.32. The zero-order chi connectivity index (χ0) is 22.6. The van der Waals surface area contributed by atoms with Crippen molar-refractivity contribution in [2.45, 2.75) is 38.5 Å². The van der Waals surface area contributed by atoms with Gasteiger partial charge in [0.2, 0.25) is 0 Å². The second-order valence-electron chi connectivity index (χ2n) is 8.12. The highest BCUT2D eigenvalue weighted by molar-refractivity contribution is 5.98. The van der Waals surface area contributed by atoms with Gasteiger partial charge in [0, 0.05) is 24.0 Å². The Morgan fingerprint density at radius 2 is 2.00 bits per heavy atom. The van der Waals surface area contributed by atoms with Gasteiger partial charge in [0.05, 0.1) is 34.4 Å². The van der Waals surface area contributed by atoms with Gasteiger partial charge in [-0.3, -0.25) is 9.78 Å². The van der Waals surface area contributed by atoms with Crippen molar-refractivity contribution in [1.29, 1.82) is 0 Å². The number of nitrogen functional groups attached to an aromatic ring is 1. The Kier molecular flexibility index (Phi) is 4.58. The number of aryl methyl sites for hydroxylation is 1. The first-order valence-corrected chi connectivity index (χ1v) is 10.2. The molecule has 0 bridgehead atoms. The van der Waals surface area contributed by atoms with Gasteiger partial charge in [0.15, 0.2) is 0 Å². The lowest BCUT2D eigenvalue weighted by Gasteiger charge is -2.22. The van der Waals surface area contributed by atoms with E-state index < -0.39 is 11.7 Å². The van der Waals surface area contributed by atoms with Gasteiger partial charge in [-0.2, -0.15) is 13.2 Å². The van der Waals surface area contributed by atoms with Crippen LogP contribution >= 0.6 is 0 Å². The van der Waals surface area contributed by atoms with Gasteiger partial charge in [0.25, 0.3) is 5.91 Å². The number of nitrogens with two attached hydrogens (primary N) is 1. The number of hydrogen-bond donors (Lipinski definition) is 1. The standard InChI is InChI=1S/C23H20F3N5O/c1-13-8-9-30-19-10-14(2-7-18(19)29-21(27)20(13)30)22(32)31(17-5-6-17)12-16-4-3-15(11-28-16)23(24,25)26/h2-4,7-11,17H,5-6,12H2,1H3,(H2,27,29). The summed E-state index contributed by atoms with van der Waals surface area (Å²) >= 11 is 0. The molecule has 0 saturated heterocycles. The Morgan fingerprint density at radius 1 is 1.22 bits per heavy atom. The number of nitrogens with zero attached hydrogens (tertiary/aromatic N) is 4. The van der Waals surface area contributed by atoms with Crippen LogP contribution in [0.2, 0.25) is 0 Å². The number of carbonyl (C=O) groups is 1. The number of carbonyl (C=O) groups excluding carboxylic acids is 1. The summed E-state index contributed by atoms with van der Waals surface area (Å²) in [5, 5.41) is 0. The van der Waals surface area contributed by atoms with E-state index in [0.717, 1.165) is 41.7 Å². The van der Waals surface area contributed by atoms with E-state index in [1.165, 1.54) is 6.07 Å². The molecule has 6 nitrogen and oxygen atoms in total. The van der Waals surface area contributed by atoms with Gasteiger partial charge in [-0.15, -0.1) is 0 Å². The summed E-state index contributed by atoms with van der Waals surface area (Å²) in [5.41, 5.74) is 9.41. The fraction of sp³-hybridized carbons (Fsp3) is 0.261. The molecule has 32 heavy (non-hydrogen) atoms. The van der Waals surface area contributed by atoms with E-state index in [-0.39, 0.29) is 18.5 Å². The molecule has 2 N–H and O–H groups in total. The van der Waals surface area contributed by atoms with Gasteiger partial charge in [0.1, 0.15) is 5.82 Å². The topological polar surface area (TPSA) is 76.5 Å². The Morgan fingerprint density at radius 3 is 2.66 bits per heavy atom. The van der Waals surface area contributed by atoms with Crippen LogP contribution in [0.15, 0.2) is 48.8 Å². The average Bonchev–Trinajstić information content (AvgIpc) is 3.52. The minimum atomic E-state index is -4.44. The molecule has 164 valence electrons. The largest absolute Gasteiger partial charge is 0.417 e. The predicted octanol–water partition coefficient (Wildman–Crippen LogP) is 4.60. The molecule has 1 amide bonds. The number of halogens is 3. The van der Waals surface area contributed by atoms with Crippen LogP contribution in [0.25, 0.3) is 16.6 Å². The summed E-state index contributed by atoms with van der Waals surface area (Å²) in [7, 11) is 0. The third-order valence-electron chi connectivity index (χ3n) is 5.79. The van der Waals surface area contributed by atoms with Crippen LogP contribution in [-0.4, -0.2) is 31.2 Å². The molecule has 5 rings (SSSR count). The SMILES string of the molecule is Cc1ccn2c1c(N)nc1ccc(C(=O)N(Cc3ccc(C(F)(F)F)cn3)C3CC3)cc12. The van der Waals surface area contributed by atoms with Crippen LogP contribution in [0, 0.1) is 6.92 Å². The number of alkyl halides is 3.